The van der Waals surface area contributed by atoms with Crippen LogP contribution in [-0.2, 0) is 17.8 Å². The minimum atomic E-state index is -0.219. The summed E-state index contributed by atoms with van der Waals surface area (Å²) in [6, 6.07) is 21.3. The van der Waals surface area contributed by atoms with E-state index in [0.29, 0.717) is 23.1 Å². The van der Waals surface area contributed by atoms with Crippen LogP contribution >= 0.6 is 11.6 Å². The summed E-state index contributed by atoms with van der Waals surface area (Å²) >= 11 is 6.01. The topological polar surface area (TPSA) is 64.8 Å². The molecule has 0 radical (unpaired) electrons. The van der Waals surface area contributed by atoms with Gasteiger partial charge in [0.1, 0.15) is 0 Å². The van der Waals surface area contributed by atoms with Crippen LogP contribution in [0.4, 0.5) is 0 Å². The molecule has 168 valence electrons. The van der Waals surface area contributed by atoms with Gasteiger partial charge in [0.2, 0.25) is 5.91 Å². The first-order chi connectivity index (χ1) is 16.1. The van der Waals surface area contributed by atoms with Crippen molar-refractivity contribution in [2.75, 3.05) is 14.2 Å². The number of hydrazone groups is 1. The number of para-hydroxylation sites is 1. The van der Waals surface area contributed by atoms with E-state index in [1.165, 1.54) is 0 Å². The zero-order valence-corrected chi connectivity index (χ0v) is 19.2. The molecule has 0 spiro atoms. The second-order valence-electron chi connectivity index (χ2n) is 7.52. The summed E-state index contributed by atoms with van der Waals surface area (Å²) in [5.41, 5.74) is 6.57. The van der Waals surface area contributed by atoms with Gasteiger partial charge in [0.05, 0.1) is 26.9 Å². The molecule has 0 aliphatic carbocycles. The molecule has 0 fully saturated rings. The normalized spacial score (nSPS) is 11.1. The van der Waals surface area contributed by atoms with E-state index in [0.717, 1.165) is 27.6 Å². The third-order valence-corrected chi connectivity index (χ3v) is 5.54. The van der Waals surface area contributed by atoms with Gasteiger partial charge in [0.15, 0.2) is 11.5 Å². The summed E-state index contributed by atoms with van der Waals surface area (Å²) in [5, 5.41) is 5.96. The third kappa shape index (κ3) is 5.35. The third-order valence-electron chi connectivity index (χ3n) is 5.29. The first-order valence-electron chi connectivity index (χ1n) is 10.4. The maximum atomic E-state index is 12.4. The van der Waals surface area contributed by atoms with E-state index in [-0.39, 0.29) is 12.3 Å². The van der Waals surface area contributed by atoms with E-state index >= 15 is 0 Å². The minimum absolute atomic E-state index is 0.177. The van der Waals surface area contributed by atoms with Crippen LogP contribution in [0.15, 0.2) is 78.0 Å². The fourth-order valence-electron chi connectivity index (χ4n) is 3.68. The number of aromatic nitrogens is 1. The molecule has 33 heavy (non-hydrogen) atoms. The van der Waals surface area contributed by atoms with Crippen molar-refractivity contribution < 1.29 is 14.3 Å². The lowest BCUT2D eigenvalue weighted by Crippen LogP contribution is -2.19. The molecule has 0 saturated heterocycles. The highest BCUT2D eigenvalue weighted by atomic mass is 35.5. The standard InChI is InChI=1S/C26H24ClN3O3/c1-32-24-12-9-19(13-25(24)33-2)14-26(31)29-28-15-20-17-30(23-6-4-3-5-22(20)23)16-18-7-10-21(27)11-8-18/h3-13,15,17H,14,16H2,1-2H3,(H,29,31)/b28-15-. The molecule has 6 nitrogen and oxygen atoms in total. The first-order valence-corrected chi connectivity index (χ1v) is 10.8. The quantitative estimate of drug-likeness (QED) is 0.295. The van der Waals surface area contributed by atoms with Crippen LogP contribution in [0.2, 0.25) is 5.02 Å². The Bertz CT molecular complexity index is 1300. The second-order valence-corrected chi connectivity index (χ2v) is 7.95. The van der Waals surface area contributed by atoms with Gasteiger partial charge in [-0.2, -0.15) is 5.10 Å². The number of benzene rings is 3. The van der Waals surface area contributed by atoms with E-state index in [1.807, 2.05) is 54.7 Å². The van der Waals surface area contributed by atoms with Gasteiger partial charge >= 0.3 is 0 Å². The molecule has 0 aliphatic rings. The van der Waals surface area contributed by atoms with Crippen LogP contribution < -0.4 is 14.9 Å². The summed E-state index contributed by atoms with van der Waals surface area (Å²) < 4.78 is 12.7. The van der Waals surface area contributed by atoms with E-state index < -0.39 is 0 Å². The number of hydrogen-bond acceptors (Lipinski definition) is 4. The van der Waals surface area contributed by atoms with Crippen molar-refractivity contribution in [3.8, 4) is 11.5 Å². The van der Waals surface area contributed by atoms with Gasteiger partial charge in [-0.05, 0) is 41.5 Å². The number of halogens is 1. The molecule has 3 aromatic carbocycles. The molecule has 0 bridgehead atoms. The SMILES string of the molecule is COc1ccc(CC(=O)N/N=C\c2cn(Cc3ccc(Cl)cc3)c3ccccc23)cc1OC. The molecule has 0 saturated carbocycles. The maximum Gasteiger partial charge on any atom is 0.244 e. The molecular weight excluding hydrogens is 438 g/mol. The lowest BCUT2D eigenvalue weighted by molar-refractivity contribution is -0.120. The molecule has 7 heteroatoms. The lowest BCUT2D eigenvalue weighted by atomic mass is 10.1. The molecule has 1 aromatic heterocycles. The molecular formula is C26H24ClN3O3. The minimum Gasteiger partial charge on any atom is -0.493 e. The summed E-state index contributed by atoms with van der Waals surface area (Å²) in [6.45, 7) is 0.706. The predicted molar refractivity (Wildman–Crippen MR) is 131 cm³/mol. The van der Waals surface area contributed by atoms with Crippen LogP contribution in [0.5, 0.6) is 11.5 Å². The van der Waals surface area contributed by atoms with Gasteiger partial charge in [-0.3, -0.25) is 4.79 Å². The lowest BCUT2D eigenvalue weighted by Gasteiger charge is -2.09. The van der Waals surface area contributed by atoms with E-state index in [4.69, 9.17) is 21.1 Å². The summed E-state index contributed by atoms with van der Waals surface area (Å²) in [4.78, 5) is 12.4. The number of carbonyl (C=O) groups is 1. The van der Waals surface area contributed by atoms with Gasteiger partial charge in [-0.1, -0.05) is 48.0 Å². The van der Waals surface area contributed by atoms with Crippen molar-refractivity contribution in [1.82, 2.24) is 9.99 Å². The monoisotopic (exact) mass is 461 g/mol. The highest BCUT2D eigenvalue weighted by Crippen LogP contribution is 2.27. The highest BCUT2D eigenvalue weighted by molar-refractivity contribution is 6.30. The van der Waals surface area contributed by atoms with Crippen LogP contribution in [-0.4, -0.2) is 30.9 Å². The Kier molecular flexibility index (Phi) is 6.95. The number of amides is 1. The number of methoxy groups -OCH3 is 2. The number of rotatable bonds is 8. The Morgan fingerprint density at radius 1 is 1.00 bits per heavy atom. The Labute approximate surface area is 197 Å². The largest absolute Gasteiger partial charge is 0.493 e. The van der Waals surface area contributed by atoms with Gasteiger partial charge in [-0.15, -0.1) is 0 Å². The smallest absolute Gasteiger partial charge is 0.244 e. The van der Waals surface area contributed by atoms with Crippen molar-refractivity contribution >= 4 is 34.6 Å². The zero-order chi connectivity index (χ0) is 23.2. The van der Waals surface area contributed by atoms with Crippen molar-refractivity contribution in [2.45, 2.75) is 13.0 Å². The molecule has 1 heterocycles. The summed E-state index contributed by atoms with van der Waals surface area (Å²) in [5.74, 6) is 0.984. The Hall–Kier alpha value is -3.77. The van der Waals surface area contributed by atoms with Crippen LogP contribution in [0.25, 0.3) is 10.9 Å². The molecule has 1 amide bonds. The fraction of sp³-hybridized carbons (Fsp3) is 0.154. The van der Waals surface area contributed by atoms with E-state index in [1.54, 1.807) is 32.6 Å². The second kappa shape index (κ2) is 10.2. The average molecular weight is 462 g/mol. The van der Waals surface area contributed by atoms with Crippen molar-refractivity contribution in [2.24, 2.45) is 5.10 Å². The molecule has 4 aromatic rings. The van der Waals surface area contributed by atoms with E-state index in [2.05, 4.69) is 21.2 Å². The highest BCUT2D eigenvalue weighted by Gasteiger charge is 2.09. The van der Waals surface area contributed by atoms with Crippen molar-refractivity contribution in [1.29, 1.82) is 0 Å². The van der Waals surface area contributed by atoms with Gasteiger partial charge < -0.3 is 14.0 Å². The fourth-order valence-corrected chi connectivity index (χ4v) is 3.81. The Balaban J connectivity index is 1.47. The molecule has 0 atom stereocenters. The van der Waals surface area contributed by atoms with Crippen molar-refractivity contribution in [3.63, 3.8) is 0 Å². The number of nitrogens with zero attached hydrogens (tertiary/aromatic N) is 2. The number of nitrogens with one attached hydrogen (secondary N) is 1. The van der Waals surface area contributed by atoms with Crippen LogP contribution in [0.3, 0.4) is 0 Å². The van der Waals surface area contributed by atoms with Crippen LogP contribution in [0, 0.1) is 0 Å². The van der Waals surface area contributed by atoms with Crippen molar-refractivity contribution in [3.05, 3.63) is 94.6 Å². The summed E-state index contributed by atoms with van der Waals surface area (Å²) in [6.07, 6.45) is 3.88. The van der Waals surface area contributed by atoms with Crippen LogP contribution in [0.1, 0.15) is 16.7 Å². The number of carbonyl (C=O) groups excluding carboxylic acids is 1. The molecule has 1 N–H and O–H groups in total. The number of fused-ring (bicyclic) bond motifs is 1. The molecule has 4 rings (SSSR count). The Morgan fingerprint density at radius 3 is 2.48 bits per heavy atom. The average Bonchev–Trinajstić information content (AvgIpc) is 3.18. The zero-order valence-electron chi connectivity index (χ0n) is 18.4. The van der Waals surface area contributed by atoms with Gasteiger partial charge in [0, 0.05) is 34.2 Å². The Morgan fingerprint density at radius 2 is 1.73 bits per heavy atom. The molecule has 0 aliphatic heterocycles. The number of ether oxygens (including phenoxy) is 2. The first kappa shape index (κ1) is 22.4. The van der Waals surface area contributed by atoms with Gasteiger partial charge in [0.25, 0.3) is 0 Å². The maximum absolute atomic E-state index is 12.4. The predicted octanol–water partition coefficient (Wildman–Crippen LogP) is 5.05. The van der Waals surface area contributed by atoms with Gasteiger partial charge in [-0.25, -0.2) is 5.43 Å². The summed E-state index contributed by atoms with van der Waals surface area (Å²) in [7, 11) is 3.14. The number of hydrogen-bond donors (Lipinski definition) is 1. The molecule has 0 unspecified atom stereocenters. The van der Waals surface area contributed by atoms with E-state index in [9.17, 15) is 4.79 Å².